The van der Waals surface area contributed by atoms with E-state index in [2.05, 4.69) is 12.1 Å². The summed E-state index contributed by atoms with van der Waals surface area (Å²) in [5, 5.41) is 19.4. The maximum absolute atomic E-state index is 14.3. The normalized spacial score (nSPS) is 22.9. The summed E-state index contributed by atoms with van der Waals surface area (Å²) >= 11 is 0. The number of hydrogen-bond donors (Lipinski definition) is 2. The Morgan fingerprint density at radius 2 is 1.67 bits per heavy atom. The lowest BCUT2D eigenvalue weighted by Crippen LogP contribution is -2.54. The standard InChI is InChI=1S/C24H31F2NO3/c1-18-14-22(28)23(29)15-27(18)17-24(25,26)12-5-13-30-16-19-8-10-21(11-9-19)20-6-3-2-4-7-20/h2-4,6-11,18,22-23,28-29H,5,12-17H2,1H3/t18-,22?,23-/m0/s1. The fourth-order valence-corrected chi connectivity index (χ4v) is 3.84. The molecular weight excluding hydrogens is 388 g/mol. The average molecular weight is 420 g/mol. The van der Waals surface area contributed by atoms with Gasteiger partial charge in [-0.15, -0.1) is 0 Å². The molecule has 164 valence electrons. The number of piperidine rings is 1. The molecule has 2 N–H and O–H groups in total. The molecule has 2 aromatic rings. The Morgan fingerprint density at radius 3 is 2.37 bits per heavy atom. The van der Waals surface area contributed by atoms with Gasteiger partial charge in [-0.3, -0.25) is 4.90 Å². The summed E-state index contributed by atoms with van der Waals surface area (Å²) in [6, 6.07) is 18.0. The van der Waals surface area contributed by atoms with E-state index in [1.807, 2.05) is 42.5 Å². The molecule has 1 unspecified atom stereocenters. The molecular formula is C24H31F2NO3. The Morgan fingerprint density at radius 1 is 1.00 bits per heavy atom. The number of halogens is 2. The second kappa shape index (κ2) is 10.4. The number of benzene rings is 2. The van der Waals surface area contributed by atoms with Crippen molar-refractivity contribution in [3.05, 3.63) is 60.2 Å². The van der Waals surface area contributed by atoms with Gasteiger partial charge in [-0.2, -0.15) is 0 Å². The maximum atomic E-state index is 14.3. The van der Waals surface area contributed by atoms with Crippen LogP contribution in [0.2, 0.25) is 0 Å². The van der Waals surface area contributed by atoms with Gasteiger partial charge in [0.2, 0.25) is 0 Å². The van der Waals surface area contributed by atoms with Crippen molar-refractivity contribution in [1.29, 1.82) is 0 Å². The SMILES string of the molecule is C[C@H]1CC(O)[C@@H](O)CN1CC(F)(F)CCCOCc1ccc(-c2ccccc2)cc1. The summed E-state index contributed by atoms with van der Waals surface area (Å²) in [7, 11) is 0. The van der Waals surface area contributed by atoms with E-state index in [0.717, 1.165) is 16.7 Å². The minimum Gasteiger partial charge on any atom is -0.390 e. The fraction of sp³-hybridized carbons (Fsp3) is 0.500. The third kappa shape index (κ3) is 6.57. The van der Waals surface area contributed by atoms with E-state index in [4.69, 9.17) is 4.74 Å². The second-order valence-electron chi connectivity index (χ2n) is 8.22. The van der Waals surface area contributed by atoms with Gasteiger partial charge >= 0.3 is 0 Å². The molecule has 1 fully saturated rings. The largest absolute Gasteiger partial charge is 0.390 e. The first-order valence-electron chi connectivity index (χ1n) is 10.5. The van der Waals surface area contributed by atoms with Crippen molar-refractivity contribution in [1.82, 2.24) is 4.90 Å². The van der Waals surface area contributed by atoms with Gasteiger partial charge in [0.25, 0.3) is 5.92 Å². The van der Waals surface area contributed by atoms with Gasteiger partial charge in [0.05, 0.1) is 25.4 Å². The van der Waals surface area contributed by atoms with Crippen molar-refractivity contribution in [2.75, 3.05) is 19.7 Å². The quantitative estimate of drug-likeness (QED) is 0.601. The Kier molecular flexibility index (Phi) is 7.94. The first-order valence-corrected chi connectivity index (χ1v) is 10.5. The van der Waals surface area contributed by atoms with Crippen LogP contribution in [-0.2, 0) is 11.3 Å². The smallest absolute Gasteiger partial charge is 0.260 e. The van der Waals surface area contributed by atoms with Crippen molar-refractivity contribution < 1.29 is 23.7 Å². The highest BCUT2D eigenvalue weighted by atomic mass is 19.3. The van der Waals surface area contributed by atoms with Crippen LogP contribution in [0.3, 0.4) is 0 Å². The third-order valence-electron chi connectivity index (χ3n) is 5.67. The monoisotopic (exact) mass is 419 g/mol. The molecule has 0 bridgehead atoms. The Balaban J connectivity index is 1.37. The van der Waals surface area contributed by atoms with Crippen molar-refractivity contribution in [2.45, 2.75) is 57.0 Å². The van der Waals surface area contributed by atoms with Gasteiger partial charge in [-0.25, -0.2) is 8.78 Å². The number of alkyl halides is 2. The molecule has 1 heterocycles. The van der Waals surface area contributed by atoms with E-state index in [1.54, 1.807) is 11.8 Å². The number of hydrogen-bond acceptors (Lipinski definition) is 4. The summed E-state index contributed by atoms with van der Waals surface area (Å²) in [5.74, 6) is -2.85. The fourth-order valence-electron chi connectivity index (χ4n) is 3.84. The van der Waals surface area contributed by atoms with E-state index in [0.29, 0.717) is 13.0 Å². The molecule has 1 aliphatic heterocycles. The zero-order valence-corrected chi connectivity index (χ0v) is 17.4. The van der Waals surface area contributed by atoms with Crippen molar-refractivity contribution in [3.63, 3.8) is 0 Å². The Bertz CT molecular complexity index is 770. The highest BCUT2D eigenvalue weighted by Gasteiger charge is 2.38. The number of likely N-dealkylation sites (tertiary alicyclic amines) is 1. The van der Waals surface area contributed by atoms with E-state index in [1.165, 1.54) is 0 Å². The molecule has 0 aliphatic carbocycles. The molecule has 3 rings (SSSR count). The van der Waals surface area contributed by atoms with Crippen LogP contribution < -0.4 is 0 Å². The number of β-amino-alcohol motifs (C(OH)–C–C–N with tert-alkyl or cyclic N) is 1. The third-order valence-corrected chi connectivity index (χ3v) is 5.67. The summed E-state index contributed by atoms with van der Waals surface area (Å²) in [6.45, 7) is 2.14. The van der Waals surface area contributed by atoms with Crippen LogP contribution in [-0.4, -0.2) is 59.0 Å². The second-order valence-corrected chi connectivity index (χ2v) is 8.22. The Labute approximate surface area is 177 Å². The molecule has 3 atom stereocenters. The van der Waals surface area contributed by atoms with Crippen LogP contribution in [0.5, 0.6) is 0 Å². The molecule has 0 radical (unpaired) electrons. The van der Waals surface area contributed by atoms with Crippen LogP contribution in [0.4, 0.5) is 8.78 Å². The van der Waals surface area contributed by atoms with Crippen LogP contribution in [0.25, 0.3) is 11.1 Å². The highest BCUT2D eigenvalue weighted by molar-refractivity contribution is 5.63. The van der Waals surface area contributed by atoms with E-state index < -0.39 is 24.7 Å². The average Bonchev–Trinajstić information content (AvgIpc) is 2.73. The first-order chi connectivity index (χ1) is 14.3. The van der Waals surface area contributed by atoms with Crippen LogP contribution in [0, 0.1) is 0 Å². The summed E-state index contributed by atoms with van der Waals surface area (Å²) in [4.78, 5) is 1.56. The lowest BCUT2D eigenvalue weighted by atomic mass is 9.97. The minimum absolute atomic E-state index is 0.0768. The molecule has 0 saturated carbocycles. The summed E-state index contributed by atoms with van der Waals surface area (Å²) < 4.78 is 34.2. The van der Waals surface area contributed by atoms with Crippen LogP contribution in [0.1, 0.15) is 31.7 Å². The van der Waals surface area contributed by atoms with Crippen LogP contribution >= 0.6 is 0 Å². The molecule has 6 heteroatoms. The van der Waals surface area contributed by atoms with Gasteiger partial charge in [0.1, 0.15) is 0 Å². The molecule has 0 amide bonds. The molecule has 2 aromatic carbocycles. The topological polar surface area (TPSA) is 52.9 Å². The highest BCUT2D eigenvalue weighted by Crippen LogP contribution is 2.27. The van der Waals surface area contributed by atoms with Gasteiger partial charge in [0.15, 0.2) is 0 Å². The molecule has 0 spiro atoms. The van der Waals surface area contributed by atoms with Gasteiger partial charge in [0, 0.05) is 25.6 Å². The molecule has 4 nitrogen and oxygen atoms in total. The minimum atomic E-state index is -2.85. The zero-order valence-electron chi connectivity index (χ0n) is 17.4. The number of rotatable bonds is 9. The number of aliphatic hydroxyl groups excluding tert-OH is 2. The summed E-state index contributed by atoms with van der Waals surface area (Å²) in [6.07, 6.45) is -1.48. The predicted octanol–water partition coefficient (Wildman–Crippen LogP) is 4.10. The number of nitrogens with zero attached hydrogens (tertiary/aromatic N) is 1. The van der Waals surface area contributed by atoms with Crippen molar-refractivity contribution in [3.8, 4) is 11.1 Å². The lowest BCUT2D eigenvalue weighted by Gasteiger charge is -2.40. The van der Waals surface area contributed by atoms with Gasteiger partial charge in [-0.05, 0) is 36.5 Å². The van der Waals surface area contributed by atoms with Gasteiger partial charge in [-0.1, -0.05) is 54.6 Å². The summed E-state index contributed by atoms with van der Waals surface area (Å²) in [5.41, 5.74) is 3.29. The van der Waals surface area contributed by atoms with E-state index >= 15 is 0 Å². The zero-order chi connectivity index (χ0) is 21.6. The van der Waals surface area contributed by atoms with Crippen molar-refractivity contribution in [2.24, 2.45) is 0 Å². The predicted molar refractivity (Wildman–Crippen MR) is 113 cm³/mol. The van der Waals surface area contributed by atoms with Crippen molar-refractivity contribution >= 4 is 0 Å². The van der Waals surface area contributed by atoms with E-state index in [9.17, 15) is 19.0 Å². The van der Waals surface area contributed by atoms with Gasteiger partial charge < -0.3 is 14.9 Å². The molecule has 1 aliphatic rings. The van der Waals surface area contributed by atoms with E-state index in [-0.39, 0.29) is 32.0 Å². The lowest BCUT2D eigenvalue weighted by molar-refractivity contribution is -0.101. The first kappa shape index (κ1) is 22.8. The van der Waals surface area contributed by atoms with Crippen LogP contribution in [0.15, 0.2) is 54.6 Å². The Hall–Kier alpha value is -1.86. The molecule has 30 heavy (non-hydrogen) atoms. The molecule has 0 aromatic heterocycles. The number of ether oxygens (including phenoxy) is 1. The number of aliphatic hydroxyl groups is 2. The maximum Gasteiger partial charge on any atom is 0.260 e. The molecule has 1 saturated heterocycles.